The molecule has 1 fully saturated rings. The smallest absolute Gasteiger partial charge is 0.251 e. The third kappa shape index (κ3) is 5.30. The molecule has 1 amide bonds. The van der Waals surface area contributed by atoms with Crippen molar-refractivity contribution in [3.8, 4) is 0 Å². The van der Waals surface area contributed by atoms with Gasteiger partial charge < -0.3 is 15.2 Å². The predicted octanol–water partition coefficient (Wildman–Crippen LogP) is 1.80. The van der Waals surface area contributed by atoms with Crippen LogP contribution in [0.5, 0.6) is 0 Å². The van der Waals surface area contributed by atoms with Crippen molar-refractivity contribution in [2.45, 2.75) is 52.0 Å². The van der Waals surface area contributed by atoms with Gasteiger partial charge in [-0.05, 0) is 38.0 Å². The van der Waals surface area contributed by atoms with E-state index in [2.05, 4.69) is 24.1 Å². The van der Waals surface area contributed by atoms with Crippen molar-refractivity contribution in [3.05, 3.63) is 35.4 Å². The Labute approximate surface area is 138 Å². The number of ether oxygens (including phenoxy) is 1. The number of aliphatic hydroxyl groups excluding tert-OH is 1. The summed E-state index contributed by atoms with van der Waals surface area (Å²) in [5.74, 6) is -0.133. The number of nitrogens with zero attached hydrogens (tertiary/aromatic N) is 1. The van der Waals surface area contributed by atoms with E-state index in [1.54, 1.807) is 0 Å². The second kappa shape index (κ2) is 8.43. The molecule has 3 unspecified atom stereocenters. The molecule has 0 radical (unpaired) electrons. The van der Waals surface area contributed by atoms with Gasteiger partial charge in [-0.3, -0.25) is 9.69 Å². The molecule has 3 atom stereocenters. The summed E-state index contributed by atoms with van der Waals surface area (Å²) in [5, 5.41) is 12.0. The van der Waals surface area contributed by atoms with Crippen molar-refractivity contribution in [2.24, 2.45) is 0 Å². The molecule has 1 aromatic rings. The molecular weight excluding hydrogens is 292 g/mol. The van der Waals surface area contributed by atoms with Crippen LogP contribution in [-0.2, 0) is 11.3 Å². The van der Waals surface area contributed by atoms with E-state index < -0.39 is 0 Å². The second-order valence-corrected chi connectivity index (χ2v) is 6.41. The maximum Gasteiger partial charge on any atom is 0.251 e. The highest BCUT2D eigenvalue weighted by molar-refractivity contribution is 5.94. The summed E-state index contributed by atoms with van der Waals surface area (Å²) in [6.45, 7) is 8.84. The molecule has 128 valence electrons. The Kier molecular flexibility index (Phi) is 6.57. The van der Waals surface area contributed by atoms with Crippen LogP contribution in [0.4, 0.5) is 0 Å². The number of morpholine rings is 1. The minimum absolute atomic E-state index is 0.0340. The summed E-state index contributed by atoms with van der Waals surface area (Å²) < 4.78 is 5.75. The maximum absolute atomic E-state index is 12.1. The van der Waals surface area contributed by atoms with Crippen LogP contribution in [0, 0.1) is 0 Å². The third-order valence-electron chi connectivity index (χ3n) is 4.17. The van der Waals surface area contributed by atoms with Crippen LogP contribution >= 0.6 is 0 Å². The standard InChI is InChI=1S/C18H28N2O3/c1-4-17(12-21)19-18(22)16-7-5-15(6-8-16)11-20-9-13(2)23-14(3)10-20/h5-8,13-14,17,21H,4,9-12H2,1-3H3,(H,19,22). The van der Waals surface area contributed by atoms with Gasteiger partial charge in [0.25, 0.3) is 5.91 Å². The van der Waals surface area contributed by atoms with Crippen LogP contribution in [0.3, 0.4) is 0 Å². The van der Waals surface area contributed by atoms with Crippen LogP contribution in [0.2, 0.25) is 0 Å². The lowest BCUT2D eigenvalue weighted by Gasteiger charge is -2.35. The molecule has 5 heteroatoms. The number of nitrogens with one attached hydrogen (secondary N) is 1. The van der Waals surface area contributed by atoms with E-state index in [0.29, 0.717) is 12.0 Å². The van der Waals surface area contributed by atoms with Crippen LogP contribution < -0.4 is 5.32 Å². The van der Waals surface area contributed by atoms with Gasteiger partial charge in [0.05, 0.1) is 24.9 Å². The van der Waals surface area contributed by atoms with E-state index in [4.69, 9.17) is 9.84 Å². The van der Waals surface area contributed by atoms with E-state index >= 15 is 0 Å². The number of hydrogen-bond donors (Lipinski definition) is 2. The zero-order valence-electron chi connectivity index (χ0n) is 14.3. The van der Waals surface area contributed by atoms with Gasteiger partial charge in [-0.1, -0.05) is 19.1 Å². The number of carbonyl (C=O) groups is 1. The lowest BCUT2D eigenvalue weighted by Crippen LogP contribution is -2.44. The first-order chi connectivity index (χ1) is 11.0. The fourth-order valence-electron chi connectivity index (χ4n) is 2.98. The Balaban J connectivity index is 1.92. The highest BCUT2D eigenvalue weighted by Gasteiger charge is 2.22. The SMILES string of the molecule is CCC(CO)NC(=O)c1ccc(CN2CC(C)OC(C)C2)cc1. The topological polar surface area (TPSA) is 61.8 Å². The summed E-state index contributed by atoms with van der Waals surface area (Å²) >= 11 is 0. The van der Waals surface area contributed by atoms with E-state index in [-0.39, 0.29) is 30.8 Å². The molecule has 0 aliphatic carbocycles. The van der Waals surface area contributed by atoms with Crippen LogP contribution in [-0.4, -0.2) is 53.9 Å². The molecule has 0 aromatic heterocycles. The zero-order valence-corrected chi connectivity index (χ0v) is 14.3. The van der Waals surface area contributed by atoms with Gasteiger partial charge in [-0.25, -0.2) is 0 Å². The molecule has 5 nitrogen and oxygen atoms in total. The Morgan fingerprint density at radius 1 is 1.30 bits per heavy atom. The Bertz CT molecular complexity index is 489. The van der Waals surface area contributed by atoms with Gasteiger partial charge in [0.1, 0.15) is 0 Å². The fraction of sp³-hybridized carbons (Fsp3) is 0.611. The number of rotatable bonds is 6. The summed E-state index contributed by atoms with van der Waals surface area (Å²) in [7, 11) is 0. The summed E-state index contributed by atoms with van der Waals surface area (Å²) in [5.41, 5.74) is 1.82. The van der Waals surface area contributed by atoms with Gasteiger partial charge in [-0.2, -0.15) is 0 Å². The molecule has 1 heterocycles. The van der Waals surface area contributed by atoms with E-state index in [9.17, 15) is 4.79 Å². The second-order valence-electron chi connectivity index (χ2n) is 6.41. The molecule has 1 saturated heterocycles. The van der Waals surface area contributed by atoms with Gasteiger partial charge in [0.2, 0.25) is 0 Å². The first kappa shape index (κ1) is 17.9. The average molecular weight is 320 g/mol. The summed E-state index contributed by atoms with van der Waals surface area (Å²) in [6, 6.07) is 7.52. The van der Waals surface area contributed by atoms with Gasteiger partial charge in [-0.15, -0.1) is 0 Å². The monoisotopic (exact) mass is 320 g/mol. The van der Waals surface area contributed by atoms with Crippen molar-refractivity contribution in [1.82, 2.24) is 10.2 Å². The minimum atomic E-state index is -0.182. The first-order valence-corrected chi connectivity index (χ1v) is 8.40. The molecule has 0 spiro atoms. The largest absolute Gasteiger partial charge is 0.394 e. The molecule has 2 rings (SSSR count). The number of aliphatic hydroxyl groups is 1. The van der Waals surface area contributed by atoms with Crippen LogP contribution in [0.25, 0.3) is 0 Å². The number of hydrogen-bond acceptors (Lipinski definition) is 4. The molecule has 1 aromatic carbocycles. The van der Waals surface area contributed by atoms with Crippen molar-refractivity contribution in [1.29, 1.82) is 0 Å². The number of benzene rings is 1. The first-order valence-electron chi connectivity index (χ1n) is 8.40. The molecule has 0 bridgehead atoms. The van der Waals surface area contributed by atoms with E-state index in [1.807, 2.05) is 31.2 Å². The molecule has 1 aliphatic heterocycles. The Morgan fingerprint density at radius 2 is 1.91 bits per heavy atom. The number of amides is 1. The summed E-state index contributed by atoms with van der Waals surface area (Å²) in [4.78, 5) is 14.5. The van der Waals surface area contributed by atoms with Gasteiger partial charge in [0, 0.05) is 25.2 Å². The number of carbonyl (C=O) groups excluding carboxylic acids is 1. The zero-order chi connectivity index (χ0) is 16.8. The molecule has 0 saturated carbocycles. The normalized spacial score (nSPS) is 23.5. The molecule has 23 heavy (non-hydrogen) atoms. The Morgan fingerprint density at radius 3 is 2.43 bits per heavy atom. The van der Waals surface area contributed by atoms with E-state index in [1.165, 1.54) is 5.56 Å². The molecule has 2 N–H and O–H groups in total. The highest BCUT2D eigenvalue weighted by atomic mass is 16.5. The summed E-state index contributed by atoms with van der Waals surface area (Å²) in [6.07, 6.45) is 1.23. The van der Waals surface area contributed by atoms with Crippen LogP contribution in [0.15, 0.2) is 24.3 Å². The Hall–Kier alpha value is -1.43. The maximum atomic E-state index is 12.1. The van der Waals surface area contributed by atoms with E-state index in [0.717, 1.165) is 19.6 Å². The lowest BCUT2D eigenvalue weighted by atomic mass is 10.1. The third-order valence-corrected chi connectivity index (χ3v) is 4.17. The van der Waals surface area contributed by atoms with Crippen molar-refractivity contribution >= 4 is 5.91 Å². The van der Waals surface area contributed by atoms with Gasteiger partial charge >= 0.3 is 0 Å². The van der Waals surface area contributed by atoms with Crippen molar-refractivity contribution in [2.75, 3.05) is 19.7 Å². The highest BCUT2D eigenvalue weighted by Crippen LogP contribution is 2.15. The molecular formula is C18H28N2O3. The van der Waals surface area contributed by atoms with Crippen LogP contribution in [0.1, 0.15) is 43.1 Å². The lowest BCUT2D eigenvalue weighted by molar-refractivity contribution is -0.0704. The quantitative estimate of drug-likeness (QED) is 0.839. The van der Waals surface area contributed by atoms with Crippen molar-refractivity contribution < 1.29 is 14.6 Å². The van der Waals surface area contributed by atoms with Gasteiger partial charge in [0.15, 0.2) is 0 Å². The fourth-order valence-corrected chi connectivity index (χ4v) is 2.98. The van der Waals surface area contributed by atoms with Crippen molar-refractivity contribution in [3.63, 3.8) is 0 Å². The average Bonchev–Trinajstić information content (AvgIpc) is 2.52. The minimum Gasteiger partial charge on any atom is -0.394 e. The predicted molar refractivity (Wildman–Crippen MR) is 90.4 cm³/mol. The molecule has 1 aliphatic rings.